The third-order valence-corrected chi connectivity index (χ3v) is 2.52. The highest BCUT2D eigenvalue weighted by molar-refractivity contribution is 6.74. The van der Waals surface area contributed by atoms with Crippen molar-refractivity contribution >= 4 is 12.4 Å². The van der Waals surface area contributed by atoms with Gasteiger partial charge in [0.1, 0.15) is 0 Å². The van der Waals surface area contributed by atoms with Crippen molar-refractivity contribution in [3.8, 4) is 5.75 Å². The lowest BCUT2D eigenvalue weighted by Gasteiger charge is -2.20. The Balaban J connectivity index is 2.65. The van der Waals surface area contributed by atoms with Crippen LogP contribution in [0.25, 0.3) is 0 Å². The van der Waals surface area contributed by atoms with Gasteiger partial charge in [-0.25, -0.2) is 0 Å². The van der Waals surface area contributed by atoms with E-state index in [4.69, 9.17) is 9.47 Å². The van der Waals surface area contributed by atoms with Crippen LogP contribution < -0.4 is 10.2 Å². The van der Waals surface area contributed by atoms with Crippen LogP contribution in [-0.2, 0) is 4.74 Å². The van der Waals surface area contributed by atoms with Gasteiger partial charge in [0.15, 0.2) is 0 Å². The van der Waals surface area contributed by atoms with Crippen molar-refractivity contribution in [2.75, 3.05) is 20.3 Å². The first kappa shape index (κ1) is 14.9. The molecule has 0 aliphatic carbocycles. The highest BCUT2D eigenvalue weighted by Crippen LogP contribution is 2.19. The highest BCUT2D eigenvalue weighted by Gasteiger charge is 2.29. The maximum atomic E-state index is 12.8. The molecular weight excluding hydrogens is 244 g/mol. The molecular formula is C12H17BF3O2-. The molecule has 0 spiro atoms. The zero-order valence-electron chi connectivity index (χ0n) is 10.6. The summed E-state index contributed by atoms with van der Waals surface area (Å²) in [6, 6.07) is 4.14. The van der Waals surface area contributed by atoms with Gasteiger partial charge < -0.3 is 22.4 Å². The lowest BCUT2D eigenvalue weighted by molar-refractivity contribution is 0.184. The first-order valence-electron chi connectivity index (χ1n) is 5.87. The fourth-order valence-electron chi connectivity index (χ4n) is 1.59. The van der Waals surface area contributed by atoms with Crippen LogP contribution in [0.15, 0.2) is 18.2 Å². The molecule has 0 saturated heterocycles. The molecule has 0 atom stereocenters. The van der Waals surface area contributed by atoms with E-state index in [9.17, 15) is 12.9 Å². The molecule has 0 heterocycles. The molecule has 1 aromatic rings. The summed E-state index contributed by atoms with van der Waals surface area (Å²) in [7, 11) is 1.59. The Labute approximate surface area is 105 Å². The first-order valence-corrected chi connectivity index (χ1v) is 5.87. The van der Waals surface area contributed by atoms with Gasteiger partial charge in [-0.15, -0.1) is 0 Å². The Morgan fingerprint density at radius 3 is 2.39 bits per heavy atom. The Hall–Kier alpha value is -1.17. The summed E-state index contributed by atoms with van der Waals surface area (Å²) in [5.74, 6) is -0.0782. The van der Waals surface area contributed by atoms with Gasteiger partial charge >= 0.3 is 6.98 Å². The fraction of sp³-hybridized carbons (Fsp3) is 0.500. The summed E-state index contributed by atoms with van der Waals surface area (Å²) >= 11 is 0. The van der Waals surface area contributed by atoms with Gasteiger partial charge in [-0.3, -0.25) is 0 Å². The van der Waals surface area contributed by atoms with E-state index in [1.165, 1.54) is 6.07 Å². The van der Waals surface area contributed by atoms with Crippen LogP contribution in [0.3, 0.4) is 0 Å². The lowest BCUT2D eigenvalue weighted by atomic mass is 9.78. The number of hydrogen-bond donors (Lipinski definition) is 0. The molecule has 2 nitrogen and oxygen atoms in total. The summed E-state index contributed by atoms with van der Waals surface area (Å²) in [5, 5.41) is 0. The molecule has 6 heteroatoms. The molecule has 0 amide bonds. The molecule has 1 aromatic carbocycles. The number of ether oxygens (including phenoxy) is 2. The van der Waals surface area contributed by atoms with Crippen LogP contribution in [-0.4, -0.2) is 27.3 Å². The van der Waals surface area contributed by atoms with Gasteiger partial charge in [0.25, 0.3) is 0 Å². The molecule has 0 unspecified atom stereocenters. The quantitative estimate of drug-likeness (QED) is 0.555. The number of aryl methyl sites for hydroxylation is 1. The molecule has 0 N–H and O–H groups in total. The Kier molecular flexibility index (Phi) is 5.53. The normalized spacial score (nSPS) is 11.6. The van der Waals surface area contributed by atoms with Gasteiger partial charge in [-0.05, 0) is 25.8 Å². The predicted octanol–water partition coefficient (Wildman–Crippen LogP) is 2.85. The van der Waals surface area contributed by atoms with Crippen LogP contribution in [0.1, 0.15) is 18.4 Å². The first-order chi connectivity index (χ1) is 8.45. The molecule has 0 radical (unpaired) electrons. The summed E-state index contributed by atoms with van der Waals surface area (Å²) in [6.07, 6.45) is 1.45. The highest BCUT2D eigenvalue weighted by atomic mass is 19.4. The minimum atomic E-state index is -5.04. The van der Waals surface area contributed by atoms with E-state index in [0.29, 0.717) is 18.6 Å². The lowest BCUT2D eigenvalue weighted by Crippen LogP contribution is -2.35. The van der Waals surface area contributed by atoms with Crippen molar-refractivity contribution in [2.45, 2.75) is 19.8 Å². The summed E-state index contributed by atoms with van der Waals surface area (Å²) in [5.41, 5.74) is -0.0716. The van der Waals surface area contributed by atoms with E-state index < -0.39 is 12.4 Å². The number of unbranched alkanes of at least 4 members (excludes halogenated alkanes) is 1. The molecule has 0 fully saturated rings. The zero-order valence-corrected chi connectivity index (χ0v) is 10.6. The topological polar surface area (TPSA) is 18.5 Å². The van der Waals surface area contributed by atoms with Crippen molar-refractivity contribution in [3.63, 3.8) is 0 Å². The smallest absolute Gasteiger partial charge is 0.497 e. The Bertz CT molecular complexity index is 380. The maximum Gasteiger partial charge on any atom is 0.513 e. The molecule has 1 rings (SSSR count). The van der Waals surface area contributed by atoms with Crippen LogP contribution in [0.5, 0.6) is 5.75 Å². The molecule has 0 bridgehead atoms. The second kappa shape index (κ2) is 6.68. The van der Waals surface area contributed by atoms with E-state index in [2.05, 4.69) is 0 Å². The van der Waals surface area contributed by atoms with Crippen LogP contribution >= 0.6 is 0 Å². The van der Waals surface area contributed by atoms with Gasteiger partial charge in [0.2, 0.25) is 0 Å². The van der Waals surface area contributed by atoms with Crippen molar-refractivity contribution in [1.29, 1.82) is 0 Å². The number of hydrogen-bond acceptors (Lipinski definition) is 2. The van der Waals surface area contributed by atoms with Gasteiger partial charge in [0, 0.05) is 13.7 Å². The molecule has 102 valence electrons. The number of rotatable bonds is 7. The van der Waals surface area contributed by atoms with E-state index in [1.807, 2.05) is 0 Å². The largest absolute Gasteiger partial charge is 0.513 e. The van der Waals surface area contributed by atoms with Gasteiger partial charge in [-0.2, -0.15) is 0 Å². The maximum absolute atomic E-state index is 12.8. The second-order valence-corrected chi connectivity index (χ2v) is 4.16. The summed E-state index contributed by atoms with van der Waals surface area (Å²) < 4.78 is 48.5. The zero-order chi connectivity index (χ0) is 13.6. The Morgan fingerprint density at radius 2 is 1.78 bits per heavy atom. The van der Waals surface area contributed by atoms with Crippen molar-refractivity contribution < 1.29 is 22.4 Å². The average Bonchev–Trinajstić information content (AvgIpc) is 2.29. The summed E-state index contributed by atoms with van der Waals surface area (Å²) in [6.45, 7) is -2.54. The molecule has 0 saturated carbocycles. The van der Waals surface area contributed by atoms with Crippen molar-refractivity contribution in [2.24, 2.45) is 0 Å². The number of benzene rings is 1. The number of halogens is 3. The third-order valence-electron chi connectivity index (χ3n) is 2.52. The van der Waals surface area contributed by atoms with Crippen LogP contribution in [0, 0.1) is 6.92 Å². The molecule has 0 aliphatic heterocycles. The van der Waals surface area contributed by atoms with Gasteiger partial charge in [-0.1, -0.05) is 23.2 Å². The van der Waals surface area contributed by atoms with Gasteiger partial charge in [0.05, 0.1) is 12.4 Å². The minimum absolute atomic E-state index is 0.0782. The average molecular weight is 261 g/mol. The Morgan fingerprint density at radius 1 is 1.11 bits per heavy atom. The van der Waals surface area contributed by atoms with E-state index in [1.54, 1.807) is 20.1 Å². The van der Waals surface area contributed by atoms with Crippen molar-refractivity contribution in [3.05, 3.63) is 23.8 Å². The third kappa shape index (κ3) is 4.60. The van der Waals surface area contributed by atoms with Crippen LogP contribution in [0.2, 0.25) is 0 Å². The van der Waals surface area contributed by atoms with Crippen LogP contribution in [0.4, 0.5) is 12.9 Å². The van der Waals surface area contributed by atoms with E-state index in [0.717, 1.165) is 12.5 Å². The number of methoxy groups -OCH3 is 1. The van der Waals surface area contributed by atoms with E-state index >= 15 is 0 Å². The molecule has 0 aliphatic rings. The SMILES string of the molecule is COCCCCOc1ccc(C)cc1[B-](F)(F)F. The molecule has 0 aromatic heterocycles. The van der Waals surface area contributed by atoms with Crippen molar-refractivity contribution in [1.82, 2.24) is 0 Å². The summed E-state index contributed by atoms with van der Waals surface area (Å²) in [4.78, 5) is 0. The molecule has 18 heavy (non-hydrogen) atoms. The minimum Gasteiger partial charge on any atom is -0.497 e. The second-order valence-electron chi connectivity index (χ2n) is 4.16. The monoisotopic (exact) mass is 261 g/mol. The van der Waals surface area contributed by atoms with E-state index in [-0.39, 0.29) is 12.4 Å². The fourth-order valence-corrected chi connectivity index (χ4v) is 1.59. The predicted molar refractivity (Wildman–Crippen MR) is 66.5 cm³/mol. The standard InChI is InChI=1S/C12H17BF3O2/c1-10-5-6-12(11(9-10)13(14,15)16)18-8-4-3-7-17-2/h5-6,9H,3-4,7-8H2,1-2H3/q-1.